The van der Waals surface area contributed by atoms with E-state index < -0.39 is 0 Å². The first-order valence-corrected chi connectivity index (χ1v) is 9.76. The Bertz CT molecular complexity index is 972. The lowest BCUT2D eigenvalue weighted by Gasteiger charge is -2.17. The first-order chi connectivity index (χ1) is 12.7. The Hall–Kier alpha value is -2.71. The van der Waals surface area contributed by atoms with E-state index in [1.54, 1.807) is 12.3 Å². The Morgan fingerprint density at radius 2 is 2.19 bits per heavy atom. The van der Waals surface area contributed by atoms with E-state index in [-0.39, 0.29) is 18.2 Å². The number of rotatable bonds is 4. The molecule has 26 heavy (non-hydrogen) atoms. The molecule has 0 fully saturated rings. The summed E-state index contributed by atoms with van der Waals surface area (Å²) in [5, 5.41) is 8.33. The molecule has 6 nitrogen and oxygen atoms in total. The standard InChI is InChI=1S/C18H14N4O2S2/c23-16(8-12-9-26-18(21-12)13-3-1-2-6-19-13)20-11-4-5-15-14(7-11)22-17(24)10-25-15/h1-7,9H,8,10H2,(H,20,23)(H,22,24). The Morgan fingerprint density at radius 3 is 3.04 bits per heavy atom. The summed E-state index contributed by atoms with van der Waals surface area (Å²) in [5.41, 5.74) is 2.88. The zero-order valence-corrected chi connectivity index (χ0v) is 15.2. The van der Waals surface area contributed by atoms with E-state index in [9.17, 15) is 9.59 Å². The smallest absolute Gasteiger partial charge is 0.234 e. The molecule has 3 aromatic rings. The van der Waals surface area contributed by atoms with Gasteiger partial charge in [-0.1, -0.05) is 6.07 Å². The van der Waals surface area contributed by atoms with Crippen LogP contribution in [0.25, 0.3) is 10.7 Å². The van der Waals surface area contributed by atoms with Crippen molar-refractivity contribution in [2.75, 3.05) is 16.4 Å². The molecule has 0 unspecified atom stereocenters. The number of anilines is 2. The van der Waals surface area contributed by atoms with Gasteiger partial charge in [-0.3, -0.25) is 14.6 Å². The molecule has 0 aliphatic carbocycles. The predicted octanol–water partition coefficient (Wildman–Crippen LogP) is 3.43. The van der Waals surface area contributed by atoms with Crippen molar-refractivity contribution in [2.24, 2.45) is 0 Å². The average molecular weight is 382 g/mol. The van der Waals surface area contributed by atoms with Gasteiger partial charge in [0.05, 0.1) is 29.2 Å². The SMILES string of the molecule is O=C(Cc1csc(-c2ccccn2)n1)Nc1ccc2c(c1)NC(=O)CS2. The second-order valence-electron chi connectivity index (χ2n) is 5.63. The van der Waals surface area contributed by atoms with Gasteiger partial charge in [0.1, 0.15) is 5.01 Å². The Kier molecular flexibility index (Phi) is 4.68. The zero-order chi connectivity index (χ0) is 17.9. The molecule has 130 valence electrons. The average Bonchev–Trinajstić information content (AvgIpc) is 3.10. The van der Waals surface area contributed by atoms with Crippen molar-refractivity contribution in [1.82, 2.24) is 9.97 Å². The summed E-state index contributed by atoms with van der Waals surface area (Å²) in [6.07, 6.45) is 1.90. The Morgan fingerprint density at radius 1 is 1.27 bits per heavy atom. The number of nitrogens with one attached hydrogen (secondary N) is 2. The number of amides is 2. The molecule has 1 aliphatic heterocycles. The number of hydrogen-bond acceptors (Lipinski definition) is 6. The lowest BCUT2D eigenvalue weighted by atomic mass is 10.2. The molecule has 2 aromatic heterocycles. The maximum atomic E-state index is 12.3. The number of thioether (sulfide) groups is 1. The van der Waals surface area contributed by atoms with Crippen LogP contribution in [-0.4, -0.2) is 27.5 Å². The second kappa shape index (κ2) is 7.27. The van der Waals surface area contributed by atoms with E-state index in [1.165, 1.54) is 23.1 Å². The maximum absolute atomic E-state index is 12.3. The van der Waals surface area contributed by atoms with Crippen molar-refractivity contribution in [2.45, 2.75) is 11.3 Å². The Balaban J connectivity index is 1.42. The minimum atomic E-state index is -0.155. The fraction of sp³-hybridized carbons (Fsp3) is 0.111. The van der Waals surface area contributed by atoms with Crippen LogP contribution in [0.3, 0.4) is 0 Å². The van der Waals surface area contributed by atoms with Crippen LogP contribution in [0.15, 0.2) is 52.9 Å². The van der Waals surface area contributed by atoms with Crippen molar-refractivity contribution in [3.8, 4) is 10.7 Å². The highest BCUT2D eigenvalue weighted by molar-refractivity contribution is 8.00. The van der Waals surface area contributed by atoms with Gasteiger partial charge in [-0.25, -0.2) is 4.98 Å². The molecule has 3 heterocycles. The molecular formula is C18H14N4O2S2. The Labute approximate surface area is 158 Å². The van der Waals surface area contributed by atoms with Gasteiger partial charge < -0.3 is 10.6 Å². The lowest BCUT2D eigenvalue weighted by molar-refractivity contribution is -0.115. The highest BCUT2D eigenvalue weighted by Crippen LogP contribution is 2.33. The minimum absolute atomic E-state index is 0.0319. The topological polar surface area (TPSA) is 84.0 Å². The lowest BCUT2D eigenvalue weighted by Crippen LogP contribution is -2.19. The fourth-order valence-electron chi connectivity index (χ4n) is 2.53. The van der Waals surface area contributed by atoms with Crippen LogP contribution in [0, 0.1) is 0 Å². The number of pyridine rings is 1. The molecule has 1 aromatic carbocycles. The molecule has 0 bridgehead atoms. The first-order valence-electron chi connectivity index (χ1n) is 7.90. The molecule has 2 N–H and O–H groups in total. The van der Waals surface area contributed by atoms with Gasteiger partial charge in [0.15, 0.2) is 0 Å². The normalized spacial score (nSPS) is 13.0. The van der Waals surface area contributed by atoms with Crippen LogP contribution in [0.5, 0.6) is 0 Å². The third-order valence-corrected chi connectivity index (χ3v) is 5.66. The number of benzene rings is 1. The number of fused-ring (bicyclic) bond motifs is 1. The third-order valence-electron chi connectivity index (χ3n) is 3.67. The number of aromatic nitrogens is 2. The van der Waals surface area contributed by atoms with Crippen LogP contribution in [-0.2, 0) is 16.0 Å². The molecule has 0 atom stereocenters. The third kappa shape index (κ3) is 3.76. The van der Waals surface area contributed by atoms with Gasteiger partial charge in [-0.15, -0.1) is 23.1 Å². The van der Waals surface area contributed by atoms with E-state index in [0.29, 0.717) is 17.1 Å². The number of carbonyl (C=O) groups is 2. The summed E-state index contributed by atoms with van der Waals surface area (Å²) in [4.78, 5) is 33.5. The van der Waals surface area contributed by atoms with Gasteiger partial charge in [-0.05, 0) is 30.3 Å². The molecule has 1 aliphatic rings. The highest BCUT2D eigenvalue weighted by Gasteiger charge is 2.16. The van der Waals surface area contributed by atoms with Crippen molar-refractivity contribution >= 4 is 46.3 Å². The van der Waals surface area contributed by atoms with Gasteiger partial charge in [0.2, 0.25) is 11.8 Å². The van der Waals surface area contributed by atoms with Crippen molar-refractivity contribution < 1.29 is 9.59 Å². The van der Waals surface area contributed by atoms with Crippen molar-refractivity contribution in [3.63, 3.8) is 0 Å². The van der Waals surface area contributed by atoms with E-state index in [1.807, 2.05) is 35.7 Å². The van der Waals surface area contributed by atoms with E-state index in [4.69, 9.17) is 0 Å². The number of carbonyl (C=O) groups excluding carboxylic acids is 2. The number of hydrogen-bond donors (Lipinski definition) is 2. The second-order valence-corrected chi connectivity index (χ2v) is 7.51. The molecule has 0 saturated carbocycles. The van der Waals surface area contributed by atoms with Gasteiger partial charge in [-0.2, -0.15) is 0 Å². The van der Waals surface area contributed by atoms with Crippen LogP contribution >= 0.6 is 23.1 Å². The summed E-state index contributed by atoms with van der Waals surface area (Å²) < 4.78 is 0. The van der Waals surface area contributed by atoms with Crippen molar-refractivity contribution in [3.05, 3.63) is 53.7 Å². The summed E-state index contributed by atoms with van der Waals surface area (Å²) in [7, 11) is 0. The van der Waals surface area contributed by atoms with Gasteiger partial charge in [0.25, 0.3) is 0 Å². The summed E-state index contributed by atoms with van der Waals surface area (Å²) in [6.45, 7) is 0. The van der Waals surface area contributed by atoms with Crippen LogP contribution in [0.4, 0.5) is 11.4 Å². The summed E-state index contributed by atoms with van der Waals surface area (Å²) >= 11 is 2.95. The molecule has 0 spiro atoms. The molecule has 2 amide bonds. The van der Waals surface area contributed by atoms with Gasteiger partial charge in [0, 0.05) is 22.2 Å². The largest absolute Gasteiger partial charge is 0.326 e. The van der Waals surface area contributed by atoms with E-state index in [0.717, 1.165) is 21.3 Å². The highest BCUT2D eigenvalue weighted by atomic mass is 32.2. The molecular weight excluding hydrogens is 368 g/mol. The quantitative estimate of drug-likeness (QED) is 0.722. The number of nitrogens with zero attached hydrogens (tertiary/aromatic N) is 2. The van der Waals surface area contributed by atoms with Gasteiger partial charge >= 0.3 is 0 Å². The van der Waals surface area contributed by atoms with E-state index in [2.05, 4.69) is 20.6 Å². The predicted molar refractivity (Wildman–Crippen MR) is 103 cm³/mol. The molecule has 4 rings (SSSR count). The minimum Gasteiger partial charge on any atom is -0.326 e. The zero-order valence-electron chi connectivity index (χ0n) is 13.6. The fourth-order valence-corrected chi connectivity index (χ4v) is 4.11. The van der Waals surface area contributed by atoms with Crippen LogP contribution in [0.2, 0.25) is 0 Å². The monoisotopic (exact) mass is 382 g/mol. The van der Waals surface area contributed by atoms with Crippen molar-refractivity contribution in [1.29, 1.82) is 0 Å². The number of thiazole rings is 1. The maximum Gasteiger partial charge on any atom is 0.234 e. The first kappa shape index (κ1) is 16.7. The van der Waals surface area contributed by atoms with Crippen LogP contribution < -0.4 is 10.6 Å². The summed E-state index contributed by atoms with van der Waals surface area (Å²) in [6, 6.07) is 11.2. The summed E-state index contributed by atoms with van der Waals surface area (Å²) in [5.74, 6) is 0.231. The van der Waals surface area contributed by atoms with E-state index >= 15 is 0 Å². The molecule has 0 radical (unpaired) electrons. The van der Waals surface area contributed by atoms with Crippen LogP contribution in [0.1, 0.15) is 5.69 Å². The molecule has 8 heteroatoms. The molecule has 0 saturated heterocycles.